The zero-order chi connectivity index (χ0) is 17.0. The van der Waals surface area contributed by atoms with Gasteiger partial charge in [-0.25, -0.2) is 13.2 Å². The van der Waals surface area contributed by atoms with Crippen LogP contribution in [-0.2, 0) is 10.0 Å². The highest BCUT2D eigenvalue weighted by Crippen LogP contribution is 2.20. The summed E-state index contributed by atoms with van der Waals surface area (Å²) in [5.74, 6) is 0.211. The molecule has 0 bridgehead atoms. The lowest BCUT2D eigenvalue weighted by Gasteiger charge is -2.15. The Morgan fingerprint density at radius 1 is 1.22 bits per heavy atom. The number of methoxy groups -OCH3 is 1. The van der Waals surface area contributed by atoms with Crippen LogP contribution in [0.25, 0.3) is 0 Å². The van der Waals surface area contributed by atoms with Gasteiger partial charge in [0.25, 0.3) is 10.0 Å². The van der Waals surface area contributed by atoms with E-state index in [1.807, 2.05) is 0 Å². The Balaban J connectivity index is 2.22. The molecule has 11 heteroatoms. The molecule has 0 aliphatic carbocycles. The zero-order valence-corrected chi connectivity index (χ0v) is 15.1. The number of halogens is 1. The van der Waals surface area contributed by atoms with Crippen LogP contribution < -0.4 is 10.1 Å². The topological polar surface area (TPSA) is 114 Å². The second-order valence-corrected chi connectivity index (χ2v) is 7.56. The number of rotatable bonds is 4. The summed E-state index contributed by atoms with van der Waals surface area (Å²) in [6.45, 7) is 1.59. The van der Waals surface area contributed by atoms with Gasteiger partial charge in [-0.05, 0) is 19.1 Å². The van der Waals surface area contributed by atoms with Gasteiger partial charge >= 0.3 is 12.0 Å². The van der Waals surface area contributed by atoms with Crippen molar-refractivity contribution in [1.82, 2.24) is 17.5 Å². The number of benzene rings is 1. The van der Waals surface area contributed by atoms with Gasteiger partial charge in [-0.2, -0.15) is 17.5 Å². The number of urea groups is 1. The van der Waals surface area contributed by atoms with Crippen molar-refractivity contribution >= 4 is 44.9 Å². The number of carbonyl (C=O) groups excluding carboxylic acids is 1. The first-order valence-electron chi connectivity index (χ1n) is 6.18. The van der Waals surface area contributed by atoms with E-state index in [0.29, 0.717) is 8.34 Å². The third-order valence-electron chi connectivity index (χ3n) is 2.54. The van der Waals surface area contributed by atoms with Crippen LogP contribution in [0.4, 0.5) is 10.7 Å². The van der Waals surface area contributed by atoms with E-state index >= 15 is 0 Å². The number of hydrogen-bond acceptors (Lipinski definition) is 7. The molecule has 122 valence electrons. The molecule has 2 aromatic rings. The van der Waals surface area contributed by atoms with Crippen LogP contribution in [0, 0.1) is 6.92 Å². The average molecular weight is 449 g/mol. The number of ether oxygens (including phenoxy) is 1. The lowest BCUT2D eigenvalue weighted by atomic mass is 10.4. The van der Waals surface area contributed by atoms with Gasteiger partial charge in [0, 0.05) is 0 Å². The van der Waals surface area contributed by atoms with Crippen molar-refractivity contribution in [2.45, 2.75) is 11.8 Å². The molecule has 0 fully saturated rings. The molecule has 0 saturated carbocycles. The monoisotopic (exact) mass is 449 g/mol. The maximum atomic E-state index is 12.3. The van der Waals surface area contributed by atoms with Gasteiger partial charge in [0.15, 0.2) is 0 Å². The van der Waals surface area contributed by atoms with Crippen molar-refractivity contribution in [3.63, 3.8) is 0 Å². The summed E-state index contributed by atoms with van der Waals surface area (Å²) in [6.07, 6.45) is 0. The predicted octanol–water partition coefficient (Wildman–Crippen LogP) is 1.76. The number of aromatic nitrogens is 3. The number of carbonyl (C=O) groups is 1. The molecule has 0 saturated heterocycles. The third kappa shape index (κ3) is 4.04. The Bertz CT molecular complexity index is 815. The molecule has 0 unspecified atom stereocenters. The molecule has 2 amide bonds. The molecule has 2 rings (SSSR count). The van der Waals surface area contributed by atoms with E-state index in [0.717, 1.165) is 0 Å². The Labute approximate surface area is 146 Å². The maximum absolute atomic E-state index is 12.3. The molecule has 0 aliphatic heterocycles. The minimum absolute atomic E-state index is 0.00559. The van der Waals surface area contributed by atoms with Gasteiger partial charge in [0.2, 0.25) is 5.95 Å². The van der Waals surface area contributed by atoms with Crippen LogP contribution in [0.2, 0.25) is 0 Å². The highest BCUT2D eigenvalue weighted by Gasteiger charge is 2.28. The van der Waals surface area contributed by atoms with Gasteiger partial charge in [0.05, 0.1) is 34.9 Å². The van der Waals surface area contributed by atoms with Gasteiger partial charge in [-0.1, -0.05) is 18.2 Å². The molecule has 1 aromatic heterocycles. The molecule has 1 heterocycles. The van der Waals surface area contributed by atoms with Gasteiger partial charge < -0.3 is 4.74 Å². The van der Waals surface area contributed by atoms with Crippen LogP contribution in [0.5, 0.6) is 6.01 Å². The van der Waals surface area contributed by atoms with Crippen molar-refractivity contribution in [2.24, 2.45) is 0 Å². The summed E-state index contributed by atoms with van der Waals surface area (Å²) < 4.78 is 30.1. The summed E-state index contributed by atoms with van der Waals surface area (Å²) in [4.78, 5) is 23.7. The maximum Gasteiger partial charge on any atom is 0.347 e. The van der Waals surface area contributed by atoms with Crippen LogP contribution >= 0.6 is 22.9 Å². The molecule has 0 atom stereocenters. The highest BCUT2D eigenvalue weighted by molar-refractivity contribution is 14.1. The number of nitrogens with zero attached hydrogens (tertiary/aromatic N) is 4. The summed E-state index contributed by atoms with van der Waals surface area (Å²) in [7, 11) is -2.61. The van der Waals surface area contributed by atoms with Crippen molar-refractivity contribution < 1.29 is 17.9 Å². The van der Waals surface area contributed by atoms with E-state index in [9.17, 15) is 13.2 Å². The number of amides is 2. The van der Waals surface area contributed by atoms with Crippen LogP contribution in [-0.4, -0.2) is 39.0 Å². The molecule has 0 radical (unpaired) electrons. The molecule has 9 nitrogen and oxygen atoms in total. The highest BCUT2D eigenvalue weighted by atomic mass is 127. The number of hydrogen-bond donors (Lipinski definition) is 1. The van der Waals surface area contributed by atoms with Crippen LogP contribution in [0.3, 0.4) is 0 Å². The Morgan fingerprint density at radius 2 is 1.87 bits per heavy atom. The Kier molecular flexibility index (Phi) is 5.30. The summed E-state index contributed by atoms with van der Waals surface area (Å²) in [6, 6.07) is 6.69. The van der Waals surface area contributed by atoms with Crippen LogP contribution in [0.15, 0.2) is 35.2 Å². The van der Waals surface area contributed by atoms with E-state index in [-0.39, 0.29) is 16.9 Å². The predicted molar refractivity (Wildman–Crippen MR) is 89.6 cm³/mol. The molecular weight excluding hydrogens is 437 g/mol. The van der Waals surface area contributed by atoms with Crippen molar-refractivity contribution in [1.29, 1.82) is 0 Å². The fourth-order valence-corrected chi connectivity index (χ4v) is 3.29. The van der Waals surface area contributed by atoms with Gasteiger partial charge in [0.1, 0.15) is 5.82 Å². The standard InChI is InChI=1S/C12H12IN5O4S/c1-8-14-10(16-11(15-8)22-2)17-12(19)18(13)23(20,21)9-6-4-3-5-7-9/h3-7H,1-2H3,(H,14,15,16,17,19). The number of sulfonamides is 1. The van der Waals surface area contributed by atoms with E-state index in [1.165, 1.54) is 42.1 Å². The molecular formula is C12H12IN5O4S. The van der Waals surface area contributed by atoms with Crippen molar-refractivity contribution in [3.05, 3.63) is 36.2 Å². The minimum Gasteiger partial charge on any atom is -0.467 e. The largest absolute Gasteiger partial charge is 0.467 e. The van der Waals surface area contributed by atoms with E-state index in [4.69, 9.17) is 4.74 Å². The lowest BCUT2D eigenvalue weighted by molar-refractivity contribution is 0.250. The fraction of sp³-hybridized carbons (Fsp3) is 0.167. The summed E-state index contributed by atoms with van der Waals surface area (Å²) >= 11 is 1.40. The van der Waals surface area contributed by atoms with Gasteiger partial charge in [-0.15, -0.1) is 0 Å². The minimum atomic E-state index is -3.98. The van der Waals surface area contributed by atoms with Crippen LogP contribution in [0.1, 0.15) is 5.82 Å². The molecule has 0 aliphatic rings. The quantitative estimate of drug-likeness (QED) is 0.559. The summed E-state index contributed by atoms with van der Waals surface area (Å²) in [5, 5.41) is 2.29. The first-order valence-corrected chi connectivity index (χ1v) is 8.59. The Morgan fingerprint density at radius 3 is 2.48 bits per heavy atom. The van der Waals surface area contributed by atoms with E-state index in [1.54, 1.807) is 25.1 Å². The smallest absolute Gasteiger partial charge is 0.347 e. The average Bonchev–Trinajstić information content (AvgIpc) is 2.54. The molecule has 0 spiro atoms. The fourth-order valence-electron chi connectivity index (χ4n) is 1.54. The molecule has 1 aromatic carbocycles. The lowest BCUT2D eigenvalue weighted by Crippen LogP contribution is -2.32. The van der Waals surface area contributed by atoms with Crippen molar-refractivity contribution in [3.8, 4) is 6.01 Å². The molecule has 1 N–H and O–H groups in total. The first kappa shape index (κ1) is 17.3. The van der Waals surface area contributed by atoms with Gasteiger partial charge in [-0.3, -0.25) is 5.32 Å². The van der Waals surface area contributed by atoms with Crippen molar-refractivity contribution in [2.75, 3.05) is 12.4 Å². The Hall–Kier alpha value is -2.02. The van der Waals surface area contributed by atoms with E-state index in [2.05, 4.69) is 20.3 Å². The number of aryl methyl sites for hydroxylation is 1. The van der Waals surface area contributed by atoms with E-state index < -0.39 is 16.1 Å². The molecule has 23 heavy (non-hydrogen) atoms. The first-order chi connectivity index (χ1) is 10.8. The third-order valence-corrected chi connectivity index (χ3v) is 5.99. The second kappa shape index (κ2) is 7.04. The number of nitrogens with one attached hydrogen (secondary N) is 1. The SMILES string of the molecule is COc1nc(C)nc(NC(=O)N(I)S(=O)(=O)c2ccccc2)n1. The second-order valence-electron chi connectivity index (χ2n) is 4.16. The normalized spacial score (nSPS) is 10.9. The summed E-state index contributed by atoms with van der Waals surface area (Å²) in [5.41, 5.74) is 0. The number of anilines is 1. The zero-order valence-electron chi connectivity index (χ0n) is 12.1.